The Hall–Kier alpha value is -2.61. The van der Waals surface area contributed by atoms with Gasteiger partial charge < -0.3 is 10.2 Å². The van der Waals surface area contributed by atoms with Crippen molar-refractivity contribution in [3.05, 3.63) is 64.8 Å². The van der Waals surface area contributed by atoms with Gasteiger partial charge in [0.2, 0.25) is 0 Å². The third kappa shape index (κ3) is 5.69. The molecule has 3 rings (SSSR count). The van der Waals surface area contributed by atoms with Crippen LogP contribution < -0.4 is 10.8 Å². The molecular weight excluding hydrogens is 403 g/mol. The first-order valence-electron chi connectivity index (χ1n) is 8.45. The van der Waals surface area contributed by atoms with Crippen molar-refractivity contribution in [2.24, 2.45) is 0 Å². The summed E-state index contributed by atoms with van der Waals surface area (Å²) in [6.45, 7) is 1.28. The topological polar surface area (TPSA) is 94.6 Å². The average Bonchev–Trinajstić information content (AvgIpc) is 3.15. The highest BCUT2D eigenvalue weighted by atomic mass is 35.5. The summed E-state index contributed by atoms with van der Waals surface area (Å²) in [6.07, 6.45) is 5.21. The van der Waals surface area contributed by atoms with Crippen molar-refractivity contribution in [3.63, 3.8) is 0 Å². The van der Waals surface area contributed by atoms with Crippen LogP contribution in [0, 0.1) is 0 Å². The minimum Gasteiger partial charge on any atom is -0.365 e. The fraction of sp³-hybridized carbons (Fsp3) is 0.211. The van der Waals surface area contributed by atoms with Crippen LogP contribution in [-0.4, -0.2) is 46.0 Å². The van der Waals surface area contributed by atoms with Crippen molar-refractivity contribution in [2.45, 2.75) is 12.5 Å². The Morgan fingerprint density at radius 1 is 1.21 bits per heavy atom. The molecule has 7 nitrogen and oxygen atoms in total. The van der Waals surface area contributed by atoms with Crippen molar-refractivity contribution >= 4 is 47.7 Å². The van der Waals surface area contributed by atoms with Gasteiger partial charge in [-0.15, -0.1) is 12.4 Å². The van der Waals surface area contributed by atoms with Crippen molar-refractivity contribution < 1.29 is 14.8 Å². The number of benzene rings is 1. The van der Waals surface area contributed by atoms with Gasteiger partial charge in [0.05, 0.1) is 0 Å². The molecule has 1 aliphatic rings. The van der Waals surface area contributed by atoms with Crippen LogP contribution >= 0.6 is 24.0 Å². The number of hydroxylamine groups is 1. The van der Waals surface area contributed by atoms with Gasteiger partial charge in [0.1, 0.15) is 5.82 Å². The van der Waals surface area contributed by atoms with Crippen LogP contribution in [0.2, 0.25) is 5.02 Å². The average molecular weight is 423 g/mol. The molecule has 1 aromatic heterocycles. The Kier molecular flexibility index (Phi) is 7.80. The van der Waals surface area contributed by atoms with Crippen LogP contribution in [0.4, 0.5) is 5.82 Å². The minimum atomic E-state index is -0.603. The van der Waals surface area contributed by atoms with Gasteiger partial charge in [0, 0.05) is 42.0 Å². The molecule has 3 N–H and O–H groups in total. The largest absolute Gasteiger partial charge is 0.365 e. The molecule has 0 aliphatic carbocycles. The smallest absolute Gasteiger partial charge is 0.267 e. The van der Waals surface area contributed by atoms with E-state index in [0.29, 0.717) is 29.5 Å². The lowest BCUT2D eigenvalue weighted by molar-refractivity contribution is -0.124. The van der Waals surface area contributed by atoms with Crippen LogP contribution in [0.1, 0.15) is 22.3 Å². The van der Waals surface area contributed by atoms with E-state index in [1.54, 1.807) is 42.6 Å². The monoisotopic (exact) mass is 422 g/mol. The van der Waals surface area contributed by atoms with Gasteiger partial charge in [0.25, 0.3) is 11.8 Å². The molecule has 1 atom stereocenters. The molecule has 28 heavy (non-hydrogen) atoms. The third-order valence-corrected chi connectivity index (χ3v) is 4.49. The van der Waals surface area contributed by atoms with E-state index in [-0.39, 0.29) is 24.4 Å². The van der Waals surface area contributed by atoms with Crippen molar-refractivity contribution in [1.29, 1.82) is 0 Å². The molecule has 1 aliphatic heterocycles. The molecule has 0 unspecified atom stereocenters. The number of carbonyl (C=O) groups excluding carboxylic acids is 2. The Morgan fingerprint density at radius 2 is 1.96 bits per heavy atom. The van der Waals surface area contributed by atoms with E-state index in [2.05, 4.69) is 10.3 Å². The Balaban J connectivity index is 0.00000280. The molecule has 148 valence electrons. The Bertz CT molecular complexity index is 841. The second kappa shape index (κ2) is 10.1. The van der Waals surface area contributed by atoms with Gasteiger partial charge >= 0.3 is 0 Å². The second-order valence-corrected chi connectivity index (χ2v) is 6.61. The van der Waals surface area contributed by atoms with E-state index >= 15 is 0 Å². The molecule has 9 heteroatoms. The number of nitrogens with one attached hydrogen (secondary N) is 2. The van der Waals surface area contributed by atoms with Crippen LogP contribution in [0.15, 0.2) is 48.7 Å². The van der Waals surface area contributed by atoms with Crippen molar-refractivity contribution in [1.82, 2.24) is 15.4 Å². The number of aromatic nitrogens is 1. The molecule has 2 aromatic rings. The van der Waals surface area contributed by atoms with Gasteiger partial charge in [-0.05, 0) is 54.5 Å². The number of likely N-dealkylation sites (tertiary alicyclic amines) is 1. The SMILES string of the molecule is Cl.O=C(/C=C/c1ccc(N[C@H]2CCN(C(=O)c3ccc(Cl)cc3)C2)nc1)NO. The molecule has 0 bridgehead atoms. The van der Waals surface area contributed by atoms with Gasteiger partial charge in [-0.1, -0.05) is 11.6 Å². The van der Waals surface area contributed by atoms with E-state index in [0.717, 1.165) is 12.0 Å². The molecule has 0 spiro atoms. The number of halogens is 2. The number of anilines is 1. The van der Waals surface area contributed by atoms with Gasteiger partial charge in [-0.2, -0.15) is 0 Å². The fourth-order valence-corrected chi connectivity index (χ4v) is 2.97. The first kappa shape index (κ1) is 21.7. The highest BCUT2D eigenvalue weighted by Gasteiger charge is 2.27. The molecule has 1 fully saturated rings. The summed E-state index contributed by atoms with van der Waals surface area (Å²) >= 11 is 5.87. The lowest BCUT2D eigenvalue weighted by atomic mass is 10.2. The highest BCUT2D eigenvalue weighted by molar-refractivity contribution is 6.30. The molecular formula is C19H20Cl2N4O3. The summed E-state index contributed by atoms with van der Waals surface area (Å²) in [7, 11) is 0. The molecule has 0 saturated carbocycles. The third-order valence-electron chi connectivity index (χ3n) is 4.24. The zero-order chi connectivity index (χ0) is 19.2. The van der Waals surface area contributed by atoms with Crippen LogP contribution in [-0.2, 0) is 4.79 Å². The van der Waals surface area contributed by atoms with Gasteiger partial charge in [-0.25, -0.2) is 10.5 Å². The standard InChI is InChI=1S/C19H19ClN4O3.ClH/c20-15-5-3-14(4-6-15)19(26)24-10-9-16(12-24)22-17-7-1-13(11-21-17)2-8-18(25)23-27;/h1-8,11,16,27H,9-10,12H2,(H,21,22)(H,23,25);1H/b8-2+;/t16-;/m0./s1. The maximum absolute atomic E-state index is 12.5. The number of carbonyl (C=O) groups is 2. The maximum Gasteiger partial charge on any atom is 0.267 e. The summed E-state index contributed by atoms with van der Waals surface area (Å²) in [6, 6.07) is 10.6. The quantitative estimate of drug-likeness (QED) is 0.391. The zero-order valence-electron chi connectivity index (χ0n) is 14.8. The summed E-state index contributed by atoms with van der Waals surface area (Å²) < 4.78 is 0. The minimum absolute atomic E-state index is 0. The first-order valence-corrected chi connectivity index (χ1v) is 8.82. The molecule has 2 amide bonds. The second-order valence-electron chi connectivity index (χ2n) is 6.17. The number of hydrogen-bond donors (Lipinski definition) is 3. The highest BCUT2D eigenvalue weighted by Crippen LogP contribution is 2.18. The molecule has 0 radical (unpaired) electrons. The van der Waals surface area contributed by atoms with E-state index in [1.807, 2.05) is 11.0 Å². The number of rotatable bonds is 5. The lowest BCUT2D eigenvalue weighted by Crippen LogP contribution is -2.31. The zero-order valence-corrected chi connectivity index (χ0v) is 16.4. The molecule has 1 aromatic carbocycles. The van der Waals surface area contributed by atoms with Gasteiger partial charge in [-0.3, -0.25) is 14.8 Å². The predicted molar refractivity (Wildman–Crippen MR) is 110 cm³/mol. The summed E-state index contributed by atoms with van der Waals surface area (Å²) in [5, 5.41) is 12.4. The number of nitrogens with zero attached hydrogens (tertiary/aromatic N) is 2. The maximum atomic E-state index is 12.5. The number of pyridine rings is 1. The number of amides is 2. The first-order chi connectivity index (χ1) is 13.0. The van der Waals surface area contributed by atoms with Crippen LogP contribution in [0.5, 0.6) is 0 Å². The molecule has 2 heterocycles. The van der Waals surface area contributed by atoms with E-state index in [4.69, 9.17) is 16.8 Å². The van der Waals surface area contributed by atoms with Crippen LogP contribution in [0.3, 0.4) is 0 Å². The van der Waals surface area contributed by atoms with Crippen molar-refractivity contribution in [3.8, 4) is 0 Å². The predicted octanol–water partition coefficient (Wildman–Crippen LogP) is 3.00. The fourth-order valence-electron chi connectivity index (χ4n) is 2.85. The van der Waals surface area contributed by atoms with Crippen molar-refractivity contribution in [2.75, 3.05) is 18.4 Å². The van der Waals surface area contributed by atoms with E-state index in [9.17, 15) is 9.59 Å². The summed E-state index contributed by atoms with van der Waals surface area (Å²) in [5.74, 6) is 0.0877. The summed E-state index contributed by atoms with van der Waals surface area (Å²) in [5.41, 5.74) is 2.88. The van der Waals surface area contributed by atoms with E-state index in [1.165, 1.54) is 11.6 Å². The number of hydrogen-bond acceptors (Lipinski definition) is 5. The molecule has 1 saturated heterocycles. The van der Waals surface area contributed by atoms with E-state index < -0.39 is 5.91 Å². The normalized spacial score (nSPS) is 15.9. The Morgan fingerprint density at radius 3 is 2.61 bits per heavy atom. The lowest BCUT2D eigenvalue weighted by Gasteiger charge is -2.17. The van der Waals surface area contributed by atoms with Crippen LogP contribution in [0.25, 0.3) is 6.08 Å². The Labute approximate surface area is 173 Å². The van der Waals surface area contributed by atoms with Gasteiger partial charge in [0.15, 0.2) is 0 Å². The summed E-state index contributed by atoms with van der Waals surface area (Å²) in [4.78, 5) is 29.6.